The molecule has 2 rings (SSSR count). The number of rotatable bonds is 1. The monoisotopic (exact) mass is 240 g/mol. The molecule has 0 saturated heterocycles. The fourth-order valence-corrected chi connectivity index (χ4v) is 1.93. The summed E-state index contributed by atoms with van der Waals surface area (Å²) in [7, 11) is 0. The minimum atomic E-state index is -0.261. The summed E-state index contributed by atoms with van der Waals surface area (Å²) in [5, 5.41) is 0.503. The second-order valence-corrected chi connectivity index (χ2v) is 4.00. The van der Waals surface area contributed by atoms with Gasteiger partial charge in [-0.1, -0.05) is 17.7 Å². The maximum absolute atomic E-state index is 11.5. The minimum Gasteiger partial charge on any atom is -0.450 e. The average molecular weight is 241 g/mol. The summed E-state index contributed by atoms with van der Waals surface area (Å²) >= 11 is 5.81. The molecule has 0 saturated carbocycles. The highest BCUT2D eigenvalue weighted by atomic mass is 35.5. The standard InChI is InChI=1S/C11H13ClN2O2/c1-2-16-11(15)14-6-5-9-8(7-14)3-4-10(12)13-9/h3-4H,2,5-7H2,1H3. The van der Waals surface area contributed by atoms with E-state index in [1.807, 2.05) is 6.07 Å². The normalized spacial score (nSPS) is 14.5. The highest BCUT2D eigenvalue weighted by Gasteiger charge is 2.22. The molecule has 0 radical (unpaired) electrons. The zero-order chi connectivity index (χ0) is 11.5. The molecule has 0 aliphatic carbocycles. The predicted octanol–water partition coefficient (Wildman–Crippen LogP) is 2.25. The molecule has 86 valence electrons. The van der Waals surface area contributed by atoms with E-state index in [-0.39, 0.29) is 6.09 Å². The number of halogens is 1. The van der Waals surface area contributed by atoms with Crippen LogP contribution >= 0.6 is 11.6 Å². The van der Waals surface area contributed by atoms with E-state index in [1.165, 1.54) is 0 Å². The van der Waals surface area contributed by atoms with Crippen molar-refractivity contribution < 1.29 is 9.53 Å². The molecule has 1 aliphatic rings. The van der Waals surface area contributed by atoms with Gasteiger partial charge in [-0.3, -0.25) is 0 Å². The molecule has 2 heterocycles. The Bertz CT molecular complexity index is 409. The lowest BCUT2D eigenvalue weighted by Gasteiger charge is -2.27. The molecule has 0 bridgehead atoms. The van der Waals surface area contributed by atoms with Crippen molar-refractivity contribution >= 4 is 17.7 Å². The number of nitrogens with zero attached hydrogens (tertiary/aromatic N) is 2. The van der Waals surface area contributed by atoms with Gasteiger partial charge in [0.15, 0.2) is 0 Å². The molecule has 5 heteroatoms. The number of carbonyl (C=O) groups is 1. The van der Waals surface area contributed by atoms with Crippen molar-refractivity contribution in [3.8, 4) is 0 Å². The molecule has 1 aliphatic heterocycles. The van der Waals surface area contributed by atoms with Gasteiger partial charge in [0.1, 0.15) is 5.15 Å². The molecular weight excluding hydrogens is 228 g/mol. The first kappa shape index (κ1) is 11.2. The van der Waals surface area contributed by atoms with E-state index in [2.05, 4.69) is 4.98 Å². The van der Waals surface area contributed by atoms with E-state index < -0.39 is 0 Å². The van der Waals surface area contributed by atoms with Crippen molar-refractivity contribution in [1.82, 2.24) is 9.88 Å². The van der Waals surface area contributed by atoms with Crippen molar-refractivity contribution in [3.63, 3.8) is 0 Å². The quantitative estimate of drug-likeness (QED) is 0.707. The second-order valence-electron chi connectivity index (χ2n) is 3.61. The zero-order valence-corrected chi connectivity index (χ0v) is 9.83. The molecule has 0 fully saturated rings. The maximum Gasteiger partial charge on any atom is 0.410 e. The molecule has 4 nitrogen and oxygen atoms in total. The van der Waals surface area contributed by atoms with Crippen molar-refractivity contribution in [2.24, 2.45) is 0 Å². The van der Waals surface area contributed by atoms with Gasteiger partial charge in [0.25, 0.3) is 0 Å². The van der Waals surface area contributed by atoms with Crippen LogP contribution in [-0.4, -0.2) is 29.1 Å². The van der Waals surface area contributed by atoms with E-state index in [1.54, 1.807) is 17.9 Å². The van der Waals surface area contributed by atoms with Crippen LogP contribution in [0.5, 0.6) is 0 Å². The molecule has 16 heavy (non-hydrogen) atoms. The van der Waals surface area contributed by atoms with E-state index in [4.69, 9.17) is 16.3 Å². The Kier molecular flexibility index (Phi) is 3.29. The molecule has 0 unspecified atom stereocenters. The molecule has 0 N–H and O–H groups in total. The minimum absolute atomic E-state index is 0.261. The predicted molar refractivity (Wildman–Crippen MR) is 60.4 cm³/mol. The van der Waals surface area contributed by atoms with E-state index in [0.717, 1.165) is 17.7 Å². The molecule has 1 aromatic heterocycles. The smallest absolute Gasteiger partial charge is 0.410 e. The molecule has 0 atom stereocenters. The summed E-state index contributed by atoms with van der Waals surface area (Å²) < 4.78 is 4.96. The molecule has 0 spiro atoms. The Labute approximate surface area is 99.2 Å². The summed E-state index contributed by atoms with van der Waals surface area (Å²) in [6, 6.07) is 3.66. The van der Waals surface area contributed by atoms with Gasteiger partial charge in [0.05, 0.1) is 13.2 Å². The summed E-state index contributed by atoms with van der Waals surface area (Å²) in [6.45, 7) is 3.40. The largest absolute Gasteiger partial charge is 0.450 e. The molecule has 0 aromatic carbocycles. The zero-order valence-electron chi connectivity index (χ0n) is 9.07. The van der Waals surface area contributed by atoms with E-state index >= 15 is 0 Å². The summed E-state index contributed by atoms with van der Waals surface area (Å²) in [5.41, 5.74) is 2.02. The molecule has 1 aromatic rings. The average Bonchev–Trinajstić information content (AvgIpc) is 2.28. The van der Waals surface area contributed by atoms with Crippen LogP contribution in [-0.2, 0) is 17.7 Å². The Balaban J connectivity index is 2.12. The van der Waals surface area contributed by atoms with Crippen LogP contribution in [0, 0.1) is 0 Å². The number of carbonyl (C=O) groups excluding carboxylic acids is 1. The maximum atomic E-state index is 11.5. The number of amides is 1. The first-order valence-corrected chi connectivity index (χ1v) is 5.64. The fourth-order valence-electron chi connectivity index (χ4n) is 1.76. The Hall–Kier alpha value is -1.29. The van der Waals surface area contributed by atoms with E-state index in [9.17, 15) is 4.79 Å². The first-order chi connectivity index (χ1) is 7.70. The second kappa shape index (κ2) is 4.70. The van der Waals surface area contributed by atoms with Gasteiger partial charge in [-0.15, -0.1) is 0 Å². The first-order valence-electron chi connectivity index (χ1n) is 5.26. The van der Waals surface area contributed by atoms with Gasteiger partial charge in [0, 0.05) is 18.7 Å². The van der Waals surface area contributed by atoms with Crippen LogP contribution in [0.4, 0.5) is 4.79 Å². The SMILES string of the molecule is CCOC(=O)N1CCc2nc(Cl)ccc2C1. The molecular formula is C11H13ClN2O2. The van der Waals surface area contributed by atoms with Crippen molar-refractivity contribution in [1.29, 1.82) is 0 Å². The number of aromatic nitrogens is 1. The lowest BCUT2D eigenvalue weighted by atomic mass is 10.1. The number of pyridine rings is 1. The molecule has 1 amide bonds. The lowest BCUT2D eigenvalue weighted by Crippen LogP contribution is -2.36. The van der Waals surface area contributed by atoms with Crippen molar-refractivity contribution in [2.75, 3.05) is 13.2 Å². The van der Waals surface area contributed by atoms with Crippen LogP contribution in [0.3, 0.4) is 0 Å². The number of fused-ring (bicyclic) bond motifs is 1. The van der Waals surface area contributed by atoms with Crippen LogP contribution in [0.2, 0.25) is 5.15 Å². The topological polar surface area (TPSA) is 42.4 Å². The van der Waals surface area contributed by atoms with Crippen LogP contribution < -0.4 is 0 Å². The van der Waals surface area contributed by atoms with Gasteiger partial charge in [-0.25, -0.2) is 9.78 Å². The van der Waals surface area contributed by atoms with Crippen LogP contribution in [0.15, 0.2) is 12.1 Å². The van der Waals surface area contributed by atoms with Gasteiger partial charge < -0.3 is 9.64 Å². The van der Waals surface area contributed by atoms with Crippen molar-refractivity contribution in [3.05, 3.63) is 28.5 Å². The van der Waals surface area contributed by atoms with Gasteiger partial charge >= 0.3 is 6.09 Å². The number of hydrogen-bond donors (Lipinski definition) is 0. The highest BCUT2D eigenvalue weighted by Crippen LogP contribution is 2.19. The summed E-state index contributed by atoms with van der Waals surface area (Å²) in [6.07, 6.45) is 0.470. The third-order valence-electron chi connectivity index (χ3n) is 2.54. The van der Waals surface area contributed by atoms with Gasteiger partial charge in [-0.05, 0) is 18.6 Å². The van der Waals surface area contributed by atoms with Gasteiger partial charge in [-0.2, -0.15) is 0 Å². The summed E-state index contributed by atoms with van der Waals surface area (Å²) in [4.78, 5) is 17.5. The van der Waals surface area contributed by atoms with Crippen LogP contribution in [0.25, 0.3) is 0 Å². The number of hydrogen-bond acceptors (Lipinski definition) is 3. The van der Waals surface area contributed by atoms with Crippen LogP contribution in [0.1, 0.15) is 18.2 Å². The highest BCUT2D eigenvalue weighted by molar-refractivity contribution is 6.29. The third-order valence-corrected chi connectivity index (χ3v) is 2.75. The van der Waals surface area contributed by atoms with Gasteiger partial charge in [0.2, 0.25) is 0 Å². The lowest BCUT2D eigenvalue weighted by molar-refractivity contribution is 0.102. The Morgan fingerprint density at radius 2 is 2.44 bits per heavy atom. The summed E-state index contributed by atoms with van der Waals surface area (Å²) in [5.74, 6) is 0. The Morgan fingerprint density at radius 3 is 3.19 bits per heavy atom. The Morgan fingerprint density at radius 1 is 1.62 bits per heavy atom. The third kappa shape index (κ3) is 2.27. The van der Waals surface area contributed by atoms with E-state index in [0.29, 0.717) is 24.8 Å². The van der Waals surface area contributed by atoms with Crippen molar-refractivity contribution in [2.45, 2.75) is 19.9 Å². The number of ether oxygens (including phenoxy) is 1. The fraction of sp³-hybridized carbons (Fsp3) is 0.455.